The van der Waals surface area contributed by atoms with E-state index in [1.54, 1.807) is 11.8 Å². The topological polar surface area (TPSA) is 60.2 Å². The lowest BCUT2D eigenvalue weighted by molar-refractivity contribution is 0.0508. The minimum atomic E-state index is -0.480. The Morgan fingerprint density at radius 1 is 1.32 bits per heavy atom. The van der Waals surface area contributed by atoms with Gasteiger partial charge in [0.15, 0.2) is 0 Å². The first kappa shape index (κ1) is 13.1. The van der Waals surface area contributed by atoms with Crippen LogP contribution in [0.25, 0.3) is 5.69 Å². The third-order valence-electron chi connectivity index (χ3n) is 2.45. The van der Waals surface area contributed by atoms with Crippen LogP contribution in [-0.2, 0) is 4.74 Å². The molecule has 2 rings (SSSR count). The number of esters is 1. The molecular weight excluding hydrogens is 244 g/mol. The van der Waals surface area contributed by atoms with Crippen LogP contribution in [0.15, 0.2) is 30.3 Å². The molecule has 1 aromatic carbocycles. The average molecular weight is 260 g/mol. The van der Waals surface area contributed by atoms with Crippen LogP contribution in [0.1, 0.15) is 17.5 Å². The van der Waals surface area contributed by atoms with Crippen LogP contribution in [0.5, 0.6) is 0 Å². The molecular formula is C13H16N4O2. The van der Waals surface area contributed by atoms with Crippen LogP contribution in [0.2, 0.25) is 0 Å². The van der Waals surface area contributed by atoms with Crippen molar-refractivity contribution in [2.75, 3.05) is 25.6 Å². The number of rotatable bonds is 4. The lowest BCUT2D eigenvalue weighted by atomic mass is 10.3. The Kier molecular flexibility index (Phi) is 3.79. The molecule has 0 fully saturated rings. The zero-order chi connectivity index (χ0) is 13.8. The van der Waals surface area contributed by atoms with E-state index in [-0.39, 0.29) is 5.82 Å². The van der Waals surface area contributed by atoms with Crippen molar-refractivity contribution in [2.24, 2.45) is 0 Å². The van der Waals surface area contributed by atoms with Gasteiger partial charge >= 0.3 is 5.97 Å². The molecule has 2 aromatic rings. The second-order valence-electron chi connectivity index (χ2n) is 4.10. The summed E-state index contributed by atoms with van der Waals surface area (Å²) in [5.74, 6) is 0.163. The molecule has 0 spiro atoms. The van der Waals surface area contributed by atoms with Gasteiger partial charge in [0, 0.05) is 14.1 Å². The molecule has 19 heavy (non-hydrogen) atoms. The Hall–Kier alpha value is -2.37. The molecule has 0 unspecified atom stereocenters. The standard InChI is InChI=1S/C13H16N4O2/c1-4-19-12(18)11-14-13(16(2)3)15-17(11)10-8-6-5-7-9-10/h5-9H,4H2,1-3H3. The van der Waals surface area contributed by atoms with Gasteiger partial charge in [0.05, 0.1) is 12.3 Å². The van der Waals surface area contributed by atoms with Gasteiger partial charge in [-0.3, -0.25) is 0 Å². The predicted molar refractivity (Wildman–Crippen MR) is 71.6 cm³/mol. The molecule has 0 amide bonds. The monoisotopic (exact) mass is 260 g/mol. The van der Waals surface area contributed by atoms with Gasteiger partial charge in [0.25, 0.3) is 0 Å². The first-order valence-electron chi connectivity index (χ1n) is 6.00. The number of benzene rings is 1. The summed E-state index contributed by atoms with van der Waals surface area (Å²) in [6.07, 6.45) is 0. The lowest BCUT2D eigenvalue weighted by Gasteiger charge is -2.05. The third-order valence-corrected chi connectivity index (χ3v) is 2.45. The Balaban J connectivity index is 2.49. The van der Waals surface area contributed by atoms with E-state index >= 15 is 0 Å². The molecule has 100 valence electrons. The molecule has 1 aromatic heterocycles. The molecule has 0 aliphatic heterocycles. The molecule has 6 nitrogen and oxygen atoms in total. The first-order valence-corrected chi connectivity index (χ1v) is 6.00. The van der Waals surface area contributed by atoms with E-state index in [2.05, 4.69) is 10.1 Å². The van der Waals surface area contributed by atoms with Gasteiger partial charge in [-0.05, 0) is 19.1 Å². The highest BCUT2D eigenvalue weighted by atomic mass is 16.5. The average Bonchev–Trinajstić information content (AvgIpc) is 2.85. The largest absolute Gasteiger partial charge is 0.460 e. The number of hydrogen-bond donors (Lipinski definition) is 0. The predicted octanol–water partition coefficient (Wildman–Crippen LogP) is 1.51. The van der Waals surface area contributed by atoms with Crippen molar-refractivity contribution in [2.45, 2.75) is 6.92 Å². The number of aromatic nitrogens is 3. The smallest absolute Gasteiger partial charge is 0.376 e. The zero-order valence-electron chi connectivity index (χ0n) is 11.2. The summed E-state index contributed by atoms with van der Waals surface area (Å²) in [6, 6.07) is 9.37. The molecule has 0 atom stereocenters. The second kappa shape index (κ2) is 5.51. The second-order valence-corrected chi connectivity index (χ2v) is 4.10. The van der Waals surface area contributed by atoms with E-state index in [0.29, 0.717) is 12.6 Å². The van der Waals surface area contributed by atoms with Crippen LogP contribution in [0.4, 0.5) is 5.95 Å². The van der Waals surface area contributed by atoms with Gasteiger partial charge in [-0.15, -0.1) is 5.10 Å². The highest BCUT2D eigenvalue weighted by molar-refractivity contribution is 5.86. The van der Waals surface area contributed by atoms with Gasteiger partial charge in [-0.2, -0.15) is 4.98 Å². The minimum Gasteiger partial charge on any atom is -0.460 e. The number of carbonyl (C=O) groups excluding carboxylic acids is 1. The van der Waals surface area contributed by atoms with E-state index in [1.165, 1.54) is 4.68 Å². The number of para-hydroxylation sites is 1. The van der Waals surface area contributed by atoms with Gasteiger partial charge in [0.1, 0.15) is 0 Å². The summed E-state index contributed by atoms with van der Waals surface area (Å²) in [5, 5.41) is 4.31. The van der Waals surface area contributed by atoms with Crippen LogP contribution in [0, 0.1) is 0 Å². The molecule has 0 radical (unpaired) electrons. The van der Waals surface area contributed by atoms with Crippen molar-refractivity contribution in [3.63, 3.8) is 0 Å². The molecule has 0 aliphatic carbocycles. The van der Waals surface area contributed by atoms with Crippen molar-refractivity contribution in [3.05, 3.63) is 36.2 Å². The third kappa shape index (κ3) is 2.73. The SMILES string of the molecule is CCOC(=O)c1nc(N(C)C)nn1-c1ccccc1. The lowest BCUT2D eigenvalue weighted by Crippen LogP contribution is -2.13. The number of ether oxygens (including phenoxy) is 1. The van der Waals surface area contributed by atoms with Crippen molar-refractivity contribution in [1.82, 2.24) is 14.8 Å². The van der Waals surface area contributed by atoms with Crippen molar-refractivity contribution in [1.29, 1.82) is 0 Å². The van der Waals surface area contributed by atoms with Crippen LogP contribution in [0.3, 0.4) is 0 Å². The summed E-state index contributed by atoms with van der Waals surface area (Å²) in [4.78, 5) is 17.9. The quantitative estimate of drug-likeness (QED) is 0.780. The van der Waals surface area contributed by atoms with Gasteiger partial charge in [0.2, 0.25) is 11.8 Å². The zero-order valence-corrected chi connectivity index (χ0v) is 11.2. The fraction of sp³-hybridized carbons (Fsp3) is 0.308. The number of hydrogen-bond acceptors (Lipinski definition) is 5. The Morgan fingerprint density at radius 3 is 2.58 bits per heavy atom. The Labute approximate surface area is 111 Å². The highest BCUT2D eigenvalue weighted by Crippen LogP contribution is 2.14. The normalized spacial score (nSPS) is 10.3. The van der Waals surface area contributed by atoms with Gasteiger partial charge in [-0.1, -0.05) is 18.2 Å². The van der Waals surface area contributed by atoms with E-state index in [4.69, 9.17) is 4.74 Å². The molecule has 0 saturated heterocycles. The van der Waals surface area contributed by atoms with Gasteiger partial charge < -0.3 is 9.64 Å². The molecule has 0 N–H and O–H groups in total. The van der Waals surface area contributed by atoms with Crippen molar-refractivity contribution < 1.29 is 9.53 Å². The minimum absolute atomic E-state index is 0.178. The summed E-state index contributed by atoms with van der Waals surface area (Å²) < 4.78 is 6.50. The Bertz CT molecular complexity index is 563. The summed E-state index contributed by atoms with van der Waals surface area (Å²) >= 11 is 0. The van der Waals surface area contributed by atoms with E-state index in [1.807, 2.05) is 44.4 Å². The van der Waals surface area contributed by atoms with E-state index in [0.717, 1.165) is 5.69 Å². The maximum atomic E-state index is 11.9. The van der Waals surface area contributed by atoms with E-state index in [9.17, 15) is 4.79 Å². The maximum Gasteiger partial charge on any atom is 0.376 e. The van der Waals surface area contributed by atoms with Crippen molar-refractivity contribution >= 4 is 11.9 Å². The van der Waals surface area contributed by atoms with E-state index < -0.39 is 5.97 Å². The summed E-state index contributed by atoms with van der Waals surface area (Å²) in [7, 11) is 3.64. The van der Waals surface area contributed by atoms with Crippen molar-refractivity contribution in [3.8, 4) is 5.69 Å². The van der Waals surface area contributed by atoms with Gasteiger partial charge in [-0.25, -0.2) is 9.48 Å². The maximum absolute atomic E-state index is 11.9. The molecule has 1 heterocycles. The molecule has 0 aliphatic rings. The van der Waals surface area contributed by atoms with Crippen LogP contribution < -0.4 is 4.90 Å². The number of nitrogens with zero attached hydrogens (tertiary/aromatic N) is 4. The highest BCUT2D eigenvalue weighted by Gasteiger charge is 2.20. The number of carbonyl (C=O) groups is 1. The fourth-order valence-electron chi connectivity index (χ4n) is 1.57. The Morgan fingerprint density at radius 2 is 2.00 bits per heavy atom. The molecule has 6 heteroatoms. The summed E-state index contributed by atoms with van der Waals surface area (Å²) in [6.45, 7) is 2.06. The fourth-order valence-corrected chi connectivity index (χ4v) is 1.57. The molecule has 0 saturated carbocycles. The number of anilines is 1. The molecule has 0 bridgehead atoms. The first-order chi connectivity index (χ1) is 9.13. The van der Waals surface area contributed by atoms with Crippen LogP contribution >= 0.6 is 0 Å². The van der Waals surface area contributed by atoms with Crippen LogP contribution in [-0.4, -0.2) is 41.4 Å². The summed E-state index contributed by atoms with van der Waals surface area (Å²) in [5.41, 5.74) is 0.770.